The lowest BCUT2D eigenvalue weighted by molar-refractivity contribution is 0.207. The average Bonchev–Trinajstić information content (AvgIpc) is 2.83. The molecule has 0 aromatic heterocycles. The summed E-state index contributed by atoms with van der Waals surface area (Å²) in [5.41, 5.74) is 0. The smallest absolute Gasteiger partial charge is 0.317 e. The van der Waals surface area contributed by atoms with E-state index in [1.54, 1.807) is 4.90 Å². The first-order valence-electron chi connectivity index (χ1n) is 5.80. The Morgan fingerprint density at radius 2 is 2.00 bits per heavy atom. The fourth-order valence-corrected chi connectivity index (χ4v) is 4.16. The fraction of sp³-hybridized carbons (Fsp3) is 0.900. The molecule has 92 valence electrons. The van der Waals surface area contributed by atoms with Crippen LogP contribution < -0.4 is 5.32 Å². The summed E-state index contributed by atoms with van der Waals surface area (Å²) in [7, 11) is -2.83. The molecule has 0 aromatic carbocycles. The highest BCUT2D eigenvalue weighted by Crippen LogP contribution is 2.17. The zero-order valence-electron chi connectivity index (χ0n) is 9.31. The van der Waals surface area contributed by atoms with Gasteiger partial charge in [-0.2, -0.15) is 0 Å². The zero-order chi connectivity index (χ0) is 11.6. The van der Waals surface area contributed by atoms with Crippen LogP contribution in [-0.2, 0) is 9.84 Å². The Kier molecular flexibility index (Phi) is 3.37. The molecule has 0 aliphatic carbocycles. The number of amides is 2. The lowest BCUT2D eigenvalue weighted by Gasteiger charge is -2.17. The number of sulfone groups is 1. The van der Waals surface area contributed by atoms with Crippen molar-refractivity contribution >= 4 is 15.9 Å². The third kappa shape index (κ3) is 2.87. The minimum Gasteiger partial charge on any atom is -0.338 e. The first kappa shape index (κ1) is 11.7. The molecule has 0 saturated carbocycles. The van der Waals surface area contributed by atoms with Gasteiger partial charge in [-0.05, 0) is 25.2 Å². The minimum atomic E-state index is -2.83. The maximum Gasteiger partial charge on any atom is 0.317 e. The molecule has 2 aliphatic rings. The van der Waals surface area contributed by atoms with Crippen molar-refractivity contribution < 1.29 is 13.2 Å². The summed E-state index contributed by atoms with van der Waals surface area (Å²) in [6.07, 6.45) is 2.83. The molecule has 0 bridgehead atoms. The standard InChI is InChI=1S/C10H18N2O3S/c13-10(12-4-1-2-5-12)11-7-9-3-6-16(14,15)8-9/h9H,1-8H2,(H,11,13)/t9-/m1/s1. The SMILES string of the molecule is O=C(NC[C@H]1CCS(=O)(=O)C1)N1CCCC1. The second-order valence-electron chi connectivity index (χ2n) is 4.65. The second-order valence-corrected chi connectivity index (χ2v) is 6.88. The van der Waals surface area contributed by atoms with Crippen molar-refractivity contribution in [2.75, 3.05) is 31.1 Å². The van der Waals surface area contributed by atoms with Gasteiger partial charge in [-0.15, -0.1) is 0 Å². The van der Waals surface area contributed by atoms with E-state index in [-0.39, 0.29) is 23.5 Å². The van der Waals surface area contributed by atoms with Crippen LogP contribution in [0.5, 0.6) is 0 Å². The minimum absolute atomic E-state index is 0.0400. The molecular formula is C10H18N2O3S. The van der Waals surface area contributed by atoms with Gasteiger partial charge in [0.25, 0.3) is 0 Å². The molecule has 0 radical (unpaired) electrons. The van der Waals surface area contributed by atoms with Crippen molar-refractivity contribution in [3.8, 4) is 0 Å². The molecule has 2 rings (SSSR count). The molecule has 1 N–H and O–H groups in total. The third-order valence-electron chi connectivity index (χ3n) is 3.26. The van der Waals surface area contributed by atoms with Gasteiger partial charge >= 0.3 is 6.03 Å². The monoisotopic (exact) mass is 246 g/mol. The normalized spacial score (nSPS) is 28.2. The third-order valence-corrected chi connectivity index (χ3v) is 5.10. The van der Waals surface area contributed by atoms with E-state index in [0.717, 1.165) is 25.9 Å². The molecule has 2 heterocycles. The summed E-state index contributed by atoms with van der Waals surface area (Å²) >= 11 is 0. The highest BCUT2D eigenvalue weighted by atomic mass is 32.2. The molecule has 0 aromatic rings. The van der Waals surface area contributed by atoms with Gasteiger partial charge in [0.1, 0.15) is 0 Å². The molecule has 5 nitrogen and oxygen atoms in total. The van der Waals surface area contributed by atoms with Gasteiger partial charge in [0.15, 0.2) is 9.84 Å². The molecule has 2 saturated heterocycles. The van der Waals surface area contributed by atoms with Crippen molar-refractivity contribution in [3.05, 3.63) is 0 Å². The van der Waals surface area contributed by atoms with Crippen LogP contribution in [0.1, 0.15) is 19.3 Å². The maximum atomic E-state index is 11.6. The number of carbonyl (C=O) groups excluding carboxylic acids is 1. The van der Waals surface area contributed by atoms with E-state index in [1.807, 2.05) is 0 Å². The molecule has 6 heteroatoms. The Morgan fingerprint density at radius 1 is 1.31 bits per heavy atom. The molecule has 2 amide bonds. The number of carbonyl (C=O) groups is 1. The predicted molar refractivity (Wildman–Crippen MR) is 61.0 cm³/mol. The van der Waals surface area contributed by atoms with Gasteiger partial charge in [-0.25, -0.2) is 13.2 Å². The Morgan fingerprint density at radius 3 is 2.56 bits per heavy atom. The summed E-state index contributed by atoms with van der Waals surface area (Å²) in [5.74, 6) is 0.612. The molecule has 0 unspecified atom stereocenters. The van der Waals surface area contributed by atoms with Crippen LogP contribution in [0.2, 0.25) is 0 Å². The van der Waals surface area contributed by atoms with Gasteiger partial charge in [-0.3, -0.25) is 0 Å². The molecule has 2 aliphatic heterocycles. The summed E-state index contributed by atoms with van der Waals surface area (Å²) in [5, 5.41) is 2.83. The van der Waals surface area contributed by atoms with Gasteiger partial charge in [0, 0.05) is 19.6 Å². The highest BCUT2D eigenvalue weighted by molar-refractivity contribution is 7.91. The summed E-state index contributed by atoms with van der Waals surface area (Å²) < 4.78 is 22.4. The lowest BCUT2D eigenvalue weighted by Crippen LogP contribution is -2.40. The van der Waals surface area contributed by atoms with E-state index in [9.17, 15) is 13.2 Å². The maximum absolute atomic E-state index is 11.6. The number of hydrogen-bond acceptors (Lipinski definition) is 3. The van der Waals surface area contributed by atoms with Gasteiger partial charge < -0.3 is 10.2 Å². The summed E-state index contributed by atoms with van der Waals surface area (Å²) in [6.45, 7) is 2.15. The number of urea groups is 1. The van der Waals surface area contributed by atoms with Gasteiger partial charge in [0.2, 0.25) is 0 Å². The van der Waals surface area contributed by atoms with Gasteiger partial charge in [-0.1, -0.05) is 0 Å². The van der Waals surface area contributed by atoms with Crippen LogP contribution in [0.3, 0.4) is 0 Å². The van der Waals surface area contributed by atoms with Crippen LogP contribution in [0.25, 0.3) is 0 Å². The van der Waals surface area contributed by atoms with E-state index < -0.39 is 9.84 Å². The topological polar surface area (TPSA) is 66.5 Å². The predicted octanol–water partition coefficient (Wildman–Crippen LogP) is 0.226. The number of rotatable bonds is 2. The summed E-state index contributed by atoms with van der Waals surface area (Å²) in [6, 6.07) is -0.0400. The quantitative estimate of drug-likeness (QED) is 0.758. The number of hydrogen-bond donors (Lipinski definition) is 1. The van der Waals surface area contributed by atoms with Crippen LogP contribution in [0.15, 0.2) is 0 Å². The molecule has 0 spiro atoms. The van der Waals surface area contributed by atoms with E-state index in [1.165, 1.54) is 0 Å². The van der Waals surface area contributed by atoms with Crippen molar-refractivity contribution in [3.63, 3.8) is 0 Å². The molecule has 16 heavy (non-hydrogen) atoms. The first-order chi connectivity index (χ1) is 7.57. The number of nitrogens with zero attached hydrogens (tertiary/aromatic N) is 1. The van der Waals surface area contributed by atoms with Crippen molar-refractivity contribution in [1.82, 2.24) is 10.2 Å². The summed E-state index contributed by atoms with van der Waals surface area (Å²) in [4.78, 5) is 13.4. The molecule has 1 atom stereocenters. The van der Waals surface area contributed by atoms with E-state index in [2.05, 4.69) is 5.32 Å². The van der Waals surface area contributed by atoms with Gasteiger partial charge in [0.05, 0.1) is 11.5 Å². The van der Waals surface area contributed by atoms with Crippen molar-refractivity contribution in [2.24, 2.45) is 5.92 Å². The van der Waals surface area contributed by atoms with Crippen LogP contribution in [-0.4, -0.2) is 50.5 Å². The second kappa shape index (κ2) is 4.61. The van der Waals surface area contributed by atoms with Crippen molar-refractivity contribution in [1.29, 1.82) is 0 Å². The number of nitrogens with one attached hydrogen (secondary N) is 1. The van der Waals surface area contributed by atoms with Crippen LogP contribution in [0.4, 0.5) is 4.79 Å². The largest absolute Gasteiger partial charge is 0.338 e. The van der Waals surface area contributed by atoms with E-state index in [4.69, 9.17) is 0 Å². The van der Waals surface area contributed by atoms with E-state index >= 15 is 0 Å². The van der Waals surface area contributed by atoms with Crippen molar-refractivity contribution in [2.45, 2.75) is 19.3 Å². The molecular weight excluding hydrogens is 228 g/mol. The van der Waals surface area contributed by atoms with Crippen LogP contribution in [0, 0.1) is 5.92 Å². The molecule has 2 fully saturated rings. The Hall–Kier alpha value is -0.780. The number of likely N-dealkylation sites (tertiary alicyclic amines) is 1. The average molecular weight is 246 g/mol. The Labute approximate surface area is 96.1 Å². The zero-order valence-corrected chi connectivity index (χ0v) is 10.1. The highest BCUT2D eigenvalue weighted by Gasteiger charge is 2.28. The lowest BCUT2D eigenvalue weighted by atomic mass is 10.1. The Bertz CT molecular complexity index is 360. The Balaban J connectivity index is 1.73. The van der Waals surface area contributed by atoms with Crippen LogP contribution >= 0.6 is 0 Å². The van der Waals surface area contributed by atoms with E-state index in [0.29, 0.717) is 13.0 Å². The fourth-order valence-electron chi connectivity index (χ4n) is 2.30. The first-order valence-corrected chi connectivity index (χ1v) is 7.62.